The molecule has 1 aliphatic rings. The topological polar surface area (TPSA) is 89.2 Å². The summed E-state index contributed by atoms with van der Waals surface area (Å²) in [5.74, 6) is 1.94. The summed E-state index contributed by atoms with van der Waals surface area (Å²) >= 11 is 0. The Bertz CT molecular complexity index is 885. The molecule has 0 radical (unpaired) electrons. The third kappa shape index (κ3) is 4.18. The van der Waals surface area contributed by atoms with Crippen LogP contribution in [0.3, 0.4) is 0 Å². The first-order valence-electron chi connectivity index (χ1n) is 9.50. The van der Waals surface area contributed by atoms with Crippen molar-refractivity contribution in [3.63, 3.8) is 0 Å². The van der Waals surface area contributed by atoms with Crippen LogP contribution in [0, 0.1) is 0 Å². The number of rotatable bonds is 8. The molecule has 0 aromatic carbocycles. The summed E-state index contributed by atoms with van der Waals surface area (Å²) in [7, 11) is 1.67. The van der Waals surface area contributed by atoms with E-state index in [-0.39, 0.29) is 6.04 Å². The van der Waals surface area contributed by atoms with Gasteiger partial charge >= 0.3 is 0 Å². The molecule has 0 spiro atoms. The number of aromatic nitrogens is 4. The van der Waals surface area contributed by atoms with Crippen molar-refractivity contribution in [3.05, 3.63) is 54.3 Å². The lowest BCUT2D eigenvalue weighted by molar-refractivity contribution is 0.201. The van der Waals surface area contributed by atoms with Crippen LogP contribution in [-0.4, -0.2) is 51.8 Å². The van der Waals surface area contributed by atoms with Gasteiger partial charge in [-0.15, -0.1) is 0 Å². The number of nitrogens with zero attached hydrogens (tertiary/aromatic N) is 5. The molecule has 1 N–H and O–H groups in total. The van der Waals surface area contributed by atoms with Crippen LogP contribution in [-0.2, 0) is 11.3 Å². The fourth-order valence-corrected chi connectivity index (χ4v) is 3.50. The van der Waals surface area contributed by atoms with E-state index in [4.69, 9.17) is 14.2 Å². The van der Waals surface area contributed by atoms with Crippen LogP contribution >= 0.6 is 0 Å². The minimum atomic E-state index is 0.135. The number of ether oxygens (including phenoxy) is 1. The Morgan fingerprint density at radius 2 is 2.14 bits per heavy atom. The van der Waals surface area contributed by atoms with Crippen LogP contribution in [0.2, 0.25) is 0 Å². The number of nitrogens with one attached hydrogen (secondary N) is 1. The van der Waals surface area contributed by atoms with Gasteiger partial charge in [-0.25, -0.2) is 4.98 Å². The summed E-state index contributed by atoms with van der Waals surface area (Å²) < 4.78 is 10.7. The van der Waals surface area contributed by atoms with Gasteiger partial charge in [0, 0.05) is 38.8 Å². The molecule has 0 amide bonds. The molecule has 0 unspecified atom stereocenters. The maximum atomic E-state index is 5.66. The van der Waals surface area contributed by atoms with Gasteiger partial charge in [0.2, 0.25) is 11.7 Å². The average Bonchev–Trinajstić information content (AvgIpc) is 3.39. The zero-order valence-corrected chi connectivity index (χ0v) is 15.9. The number of pyridine rings is 2. The molecule has 1 fully saturated rings. The molecule has 4 rings (SSSR count). The third-order valence-corrected chi connectivity index (χ3v) is 4.87. The minimum absolute atomic E-state index is 0.135. The quantitative estimate of drug-likeness (QED) is 0.597. The summed E-state index contributed by atoms with van der Waals surface area (Å²) in [5, 5.41) is 7.49. The van der Waals surface area contributed by atoms with Crippen LogP contribution < -0.4 is 5.32 Å². The molecule has 3 aromatic rings. The normalized spacial score (nSPS) is 17.1. The van der Waals surface area contributed by atoms with Crippen LogP contribution in [0.1, 0.15) is 30.3 Å². The Balaban J connectivity index is 1.51. The first-order valence-corrected chi connectivity index (χ1v) is 9.50. The van der Waals surface area contributed by atoms with Crippen molar-refractivity contribution in [2.45, 2.75) is 25.4 Å². The summed E-state index contributed by atoms with van der Waals surface area (Å²) in [5.41, 5.74) is 2.06. The maximum absolute atomic E-state index is 5.66. The number of hydrogen-bond donors (Lipinski definition) is 1. The van der Waals surface area contributed by atoms with Gasteiger partial charge in [-0.3, -0.25) is 9.88 Å². The van der Waals surface area contributed by atoms with E-state index in [0.29, 0.717) is 24.9 Å². The van der Waals surface area contributed by atoms with Crippen molar-refractivity contribution in [3.8, 4) is 11.4 Å². The fourth-order valence-electron chi connectivity index (χ4n) is 3.50. The van der Waals surface area contributed by atoms with E-state index in [2.05, 4.69) is 25.3 Å². The molecule has 4 heterocycles. The minimum Gasteiger partial charge on any atom is -0.383 e. The molecule has 3 aromatic heterocycles. The number of anilines is 1. The van der Waals surface area contributed by atoms with E-state index in [0.717, 1.165) is 37.3 Å². The lowest BCUT2D eigenvalue weighted by Crippen LogP contribution is -2.23. The second kappa shape index (κ2) is 8.90. The number of likely N-dealkylation sites (tertiary alicyclic amines) is 1. The van der Waals surface area contributed by atoms with E-state index in [1.807, 2.05) is 36.7 Å². The summed E-state index contributed by atoms with van der Waals surface area (Å²) in [4.78, 5) is 15.6. The van der Waals surface area contributed by atoms with Crippen molar-refractivity contribution in [2.24, 2.45) is 0 Å². The van der Waals surface area contributed by atoms with Gasteiger partial charge in [0.1, 0.15) is 5.82 Å². The Kier molecular flexibility index (Phi) is 5.89. The molecule has 0 bridgehead atoms. The van der Waals surface area contributed by atoms with Crippen molar-refractivity contribution >= 4 is 5.82 Å². The SMILES string of the molecule is COCCNc1ncccc1-c1noc([C@H]2CCCN2Cc2ccncc2)n1. The zero-order valence-electron chi connectivity index (χ0n) is 15.9. The average molecular weight is 380 g/mol. The maximum Gasteiger partial charge on any atom is 0.244 e. The molecule has 1 atom stereocenters. The molecule has 8 heteroatoms. The van der Waals surface area contributed by atoms with E-state index in [1.54, 1.807) is 13.3 Å². The third-order valence-electron chi connectivity index (χ3n) is 4.87. The van der Waals surface area contributed by atoms with Gasteiger partial charge < -0.3 is 14.6 Å². The van der Waals surface area contributed by atoms with Crippen molar-refractivity contribution < 1.29 is 9.26 Å². The van der Waals surface area contributed by atoms with E-state index in [1.165, 1.54) is 5.56 Å². The van der Waals surface area contributed by atoms with Crippen LogP contribution in [0.25, 0.3) is 11.4 Å². The van der Waals surface area contributed by atoms with Crippen molar-refractivity contribution in [1.29, 1.82) is 0 Å². The highest BCUT2D eigenvalue weighted by Crippen LogP contribution is 2.33. The van der Waals surface area contributed by atoms with Gasteiger partial charge in [-0.1, -0.05) is 5.16 Å². The monoisotopic (exact) mass is 380 g/mol. The second-order valence-electron chi connectivity index (χ2n) is 6.76. The highest BCUT2D eigenvalue weighted by Gasteiger charge is 2.31. The van der Waals surface area contributed by atoms with Gasteiger partial charge in [0.05, 0.1) is 18.2 Å². The lowest BCUT2D eigenvalue weighted by Gasteiger charge is -2.21. The molecular weight excluding hydrogens is 356 g/mol. The second-order valence-corrected chi connectivity index (χ2v) is 6.76. The van der Waals surface area contributed by atoms with Gasteiger partial charge in [-0.2, -0.15) is 4.98 Å². The Hall–Kier alpha value is -2.84. The highest BCUT2D eigenvalue weighted by atomic mass is 16.5. The predicted molar refractivity (Wildman–Crippen MR) is 105 cm³/mol. The molecule has 8 nitrogen and oxygen atoms in total. The molecule has 0 aliphatic carbocycles. The lowest BCUT2D eigenvalue weighted by atomic mass is 10.2. The standard InChI is InChI=1S/C20H24N6O2/c1-27-13-11-23-18-16(4-2-8-22-18)19-24-20(28-25-19)17-5-3-12-26(17)14-15-6-9-21-10-7-15/h2,4,6-10,17H,3,5,11-14H2,1H3,(H,22,23)/t17-/m1/s1. The van der Waals surface area contributed by atoms with E-state index in [9.17, 15) is 0 Å². The van der Waals surface area contributed by atoms with Crippen molar-refractivity contribution in [2.75, 3.05) is 32.1 Å². The van der Waals surface area contributed by atoms with E-state index < -0.39 is 0 Å². The van der Waals surface area contributed by atoms with Crippen LogP contribution in [0.4, 0.5) is 5.82 Å². The largest absolute Gasteiger partial charge is 0.383 e. The number of methoxy groups -OCH3 is 1. The summed E-state index contributed by atoms with van der Waals surface area (Å²) in [6, 6.07) is 8.04. The summed E-state index contributed by atoms with van der Waals surface area (Å²) in [6.07, 6.45) is 7.52. The molecule has 0 saturated carbocycles. The first kappa shape index (κ1) is 18.5. The molecule has 28 heavy (non-hydrogen) atoms. The van der Waals surface area contributed by atoms with Crippen LogP contribution in [0.15, 0.2) is 47.4 Å². The van der Waals surface area contributed by atoms with E-state index >= 15 is 0 Å². The molecule has 1 saturated heterocycles. The van der Waals surface area contributed by atoms with Gasteiger partial charge in [0.15, 0.2) is 0 Å². The van der Waals surface area contributed by atoms with Gasteiger partial charge in [0.25, 0.3) is 0 Å². The zero-order chi connectivity index (χ0) is 19.2. The fraction of sp³-hybridized carbons (Fsp3) is 0.400. The van der Waals surface area contributed by atoms with Gasteiger partial charge in [-0.05, 0) is 49.2 Å². The molecular formula is C20H24N6O2. The number of hydrogen-bond acceptors (Lipinski definition) is 8. The molecule has 146 valence electrons. The Morgan fingerprint density at radius 3 is 3.00 bits per heavy atom. The Morgan fingerprint density at radius 1 is 1.25 bits per heavy atom. The molecule has 1 aliphatic heterocycles. The first-order chi connectivity index (χ1) is 13.8. The van der Waals surface area contributed by atoms with Crippen LogP contribution in [0.5, 0.6) is 0 Å². The predicted octanol–water partition coefficient (Wildman–Crippen LogP) is 2.92. The Labute approximate surface area is 164 Å². The summed E-state index contributed by atoms with van der Waals surface area (Å²) in [6.45, 7) is 3.12. The van der Waals surface area contributed by atoms with Crippen molar-refractivity contribution in [1.82, 2.24) is 25.0 Å². The smallest absolute Gasteiger partial charge is 0.244 e. The highest BCUT2D eigenvalue weighted by molar-refractivity contribution is 5.69.